The van der Waals surface area contributed by atoms with Gasteiger partial charge in [0.2, 0.25) is 0 Å². The molecule has 0 aliphatic carbocycles. The Morgan fingerprint density at radius 2 is 1.69 bits per heavy atom. The minimum Gasteiger partial charge on any atom is -0.287 e. The van der Waals surface area contributed by atoms with Crippen molar-refractivity contribution < 1.29 is 0 Å². The van der Waals surface area contributed by atoms with Gasteiger partial charge in [-0.1, -0.05) is 25.7 Å². The van der Waals surface area contributed by atoms with Crippen LogP contribution in [0.4, 0.5) is 0 Å². The van der Waals surface area contributed by atoms with Gasteiger partial charge in [-0.15, -0.1) is 0 Å². The maximum absolute atomic E-state index is 4.38. The van der Waals surface area contributed by atoms with Gasteiger partial charge in [0, 0.05) is 14.3 Å². The number of nitrogens with zero attached hydrogens (tertiary/aromatic N) is 1. The molecule has 0 aliphatic heterocycles. The van der Waals surface area contributed by atoms with E-state index in [1.165, 1.54) is 6.04 Å². The minimum atomic E-state index is -0.902. The summed E-state index contributed by atoms with van der Waals surface area (Å²) in [6, 6.07) is 1.24. The fourth-order valence-corrected chi connectivity index (χ4v) is 1.59. The van der Waals surface area contributed by atoms with Gasteiger partial charge in [0.25, 0.3) is 0 Å². The van der Waals surface area contributed by atoms with E-state index < -0.39 is 8.07 Å². The quantitative estimate of drug-likeness (QED) is 0.483. The van der Waals surface area contributed by atoms with Crippen molar-refractivity contribution in [1.29, 1.82) is 0 Å². The molecule has 0 heterocycles. The van der Waals surface area contributed by atoms with Crippen molar-refractivity contribution in [1.82, 2.24) is 0 Å². The molecule has 0 spiro atoms. The summed E-state index contributed by atoms with van der Waals surface area (Å²) >= 11 is 0. The Balaban J connectivity index is 3.84. The van der Waals surface area contributed by atoms with Gasteiger partial charge >= 0.3 is 0 Å². The third kappa shape index (κ3) is 11.6. The van der Waals surface area contributed by atoms with Gasteiger partial charge in [-0.25, -0.2) is 0 Å². The van der Waals surface area contributed by atoms with Crippen LogP contribution in [0.1, 0.15) is 20.8 Å². The van der Waals surface area contributed by atoms with Gasteiger partial charge in [-0.05, 0) is 32.9 Å². The van der Waals surface area contributed by atoms with E-state index in [2.05, 4.69) is 57.6 Å². The van der Waals surface area contributed by atoms with Crippen molar-refractivity contribution in [2.24, 2.45) is 4.99 Å². The average molecular weight is 197 g/mol. The predicted molar refractivity (Wildman–Crippen MR) is 65.5 cm³/mol. The van der Waals surface area contributed by atoms with Crippen LogP contribution in [0.25, 0.3) is 0 Å². The van der Waals surface area contributed by atoms with Crippen molar-refractivity contribution in [2.45, 2.75) is 52.0 Å². The first-order valence-corrected chi connectivity index (χ1v) is 8.62. The van der Waals surface area contributed by atoms with E-state index in [1.54, 1.807) is 0 Å². The molecule has 0 radical (unpaired) electrons. The van der Waals surface area contributed by atoms with E-state index >= 15 is 0 Å². The highest BCUT2D eigenvalue weighted by molar-refractivity contribution is 6.76. The van der Waals surface area contributed by atoms with E-state index in [1.807, 2.05) is 6.21 Å². The molecule has 0 atom stereocenters. The van der Waals surface area contributed by atoms with Crippen LogP contribution in [-0.4, -0.2) is 19.8 Å². The van der Waals surface area contributed by atoms with E-state index in [0.717, 1.165) is 0 Å². The van der Waals surface area contributed by atoms with Crippen molar-refractivity contribution in [3.63, 3.8) is 0 Å². The second-order valence-corrected chi connectivity index (χ2v) is 11.2. The summed E-state index contributed by atoms with van der Waals surface area (Å²) in [5, 5.41) is 0. The fourth-order valence-electron chi connectivity index (χ4n) is 0.749. The number of hydrogen-bond donors (Lipinski definition) is 0. The minimum absolute atomic E-state index is 0.0590. The van der Waals surface area contributed by atoms with Crippen molar-refractivity contribution in [3.05, 3.63) is 12.2 Å². The Kier molecular flexibility index (Phi) is 4.61. The Labute approximate surface area is 84.0 Å². The molecule has 0 N–H and O–H groups in total. The van der Waals surface area contributed by atoms with Gasteiger partial charge in [0.05, 0.1) is 5.54 Å². The smallest absolute Gasteiger partial charge is 0.0524 e. The van der Waals surface area contributed by atoms with E-state index in [9.17, 15) is 0 Å². The van der Waals surface area contributed by atoms with Crippen LogP contribution in [0.3, 0.4) is 0 Å². The van der Waals surface area contributed by atoms with Gasteiger partial charge in [-0.2, -0.15) is 0 Å². The Morgan fingerprint density at radius 1 is 1.15 bits per heavy atom. The molecule has 1 nitrogen and oxygen atoms in total. The second kappa shape index (κ2) is 4.75. The Bertz CT molecular complexity index is 191. The molecule has 0 aliphatic rings. The van der Waals surface area contributed by atoms with Crippen molar-refractivity contribution >= 4 is 14.3 Å². The number of hydrogen-bond acceptors (Lipinski definition) is 1. The molecule has 2 heteroatoms. The van der Waals surface area contributed by atoms with Crippen LogP contribution in [0.15, 0.2) is 17.1 Å². The standard InChI is InChI=1S/C11H23NSi/c1-11(2,3)12-9-7-8-10-13(4,5)6/h7-9H,10H2,1-6H3. The summed E-state index contributed by atoms with van der Waals surface area (Å²) < 4.78 is 0. The first-order valence-electron chi connectivity index (χ1n) is 4.91. The molecule has 0 aromatic rings. The van der Waals surface area contributed by atoms with Crippen LogP contribution < -0.4 is 0 Å². The molecular weight excluding hydrogens is 174 g/mol. The summed E-state index contributed by atoms with van der Waals surface area (Å²) in [4.78, 5) is 4.38. The topological polar surface area (TPSA) is 12.4 Å². The molecular formula is C11H23NSi. The highest BCUT2D eigenvalue weighted by atomic mass is 28.3. The Hall–Kier alpha value is -0.373. The zero-order valence-electron chi connectivity index (χ0n) is 9.89. The fraction of sp³-hybridized carbons (Fsp3) is 0.727. The number of allylic oxidation sites excluding steroid dienone is 2. The second-order valence-electron chi connectivity index (χ2n) is 5.64. The van der Waals surface area contributed by atoms with E-state index in [4.69, 9.17) is 0 Å². The zero-order chi connectivity index (χ0) is 10.5. The van der Waals surface area contributed by atoms with Crippen LogP contribution in [0, 0.1) is 0 Å². The van der Waals surface area contributed by atoms with Crippen LogP contribution in [-0.2, 0) is 0 Å². The van der Waals surface area contributed by atoms with Gasteiger partial charge in [-0.3, -0.25) is 4.99 Å². The van der Waals surface area contributed by atoms with Gasteiger partial charge in [0.1, 0.15) is 0 Å². The van der Waals surface area contributed by atoms with E-state index in [0.29, 0.717) is 0 Å². The molecule has 76 valence electrons. The molecule has 0 saturated carbocycles. The van der Waals surface area contributed by atoms with Crippen molar-refractivity contribution in [3.8, 4) is 0 Å². The van der Waals surface area contributed by atoms with Crippen molar-refractivity contribution in [2.75, 3.05) is 0 Å². The molecule has 13 heavy (non-hydrogen) atoms. The summed E-state index contributed by atoms with van der Waals surface area (Å²) in [5.41, 5.74) is 0.0590. The molecule has 0 fully saturated rings. The zero-order valence-corrected chi connectivity index (χ0v) is 10.9. The third-order valence-corrected chi connectivity index (χ3v) is 2.87. The highest BCUT2D eigenvalue weighted by Crippen LogP contribution is 2.08. The SMILES string of the molecule is CC(C)(C)N=CC=CC[Si](C)(C)C. The molecule has 0 unspecified atom stereocenters. The average Bonchev–Trinajstić information content (AvgIpc) is 1.81. The molecule has 0 rings (SSSR count). The molecule has 0 saturated heterocycles. The normalized spacial score (nSPS) is 14.6. The van der Waals surface area contributed by atoms with Crippen LogP contribution >= 0.6 is 0 Å². The maximum atomic E-state index is 4.38. The lowest BCUT2D eigenvalue weighted by Gasteiger charge is -2.11. The molecule has 0 aromatic heterocycles. The van der Waals surface area contributed by atoms with Gasteiger partial charge in [0.15, 0.2) is 0 Å². The van der Waals surface area contributed by atoms with Crippen LogP contribution in [0.5, 0.6) is 0 Å². The lowest BCUT2D eigenvalue weighted by molar-refractivity contribution is 0.587. The first kappa shape index (κ1) is 12.6. The lowest BCUT2D eigenvalue weighted by Crippen LogP contribution is -2.17. The first-order chi connectivity index (χ1) is 5.71. The highest BCUT2D eigenvalue weighted by Gasteiger charge is 2.09. The molecule has 0 bridgehead atoms. The van der Waals surface area contributed by atoms with Crippen LogP contribution in [0.2, 0.25) is 25.7 Å². The number of aliphatic imine (C=N–C) groups is 1. The number of rotatable bonds is 3. The predicted octanol–water partition coefficient (Wildman–Crippen LogP) is 3.75. The summed E-state index contributed by atoms with van der Waals surface area (Å²) in [5.74, 6) is 0. The molecule has 0 amide bonds. The summed E-state index contributed by atoms with van der Waals surface area (Å²) in [7, 11) is -0.902. The summed E-state index contributed by atoms with van der Waals surface area (Å²) in [6.07, 6.45) is 6.23. The third-order valence-electron chi connectivity index (χ3n) is 1.41. The monoisotopic (exact) mass is 197 g/mol. The Morgan fingerprint density at radius 3 is 2.08 bits per heavy atom. The summed E-state index contributed by atoms with van der Waals surface area (Å²) in [6.45, 7) is 13.4. The van der Waals surface area contributed by atoms with Gasteiger partial charge < -0.3 is 0 Å². The van der Waals surface area contributed by atoms with E-state index in [-0.39, 0.29) is 5.54 Å². The maximum Gasteiger partial charge on any atom is 0.0524 e. The largest absolute Gasteiger partial charge is 0.287 e. The molecule has 0 aromatic carbocycles. The lowest BCUT2D eigenvalue weighted by atomic mass is 10.1.